The van der Waals surface area contributed by atoms with Gasteiger partial charge in [-0.2, -0.15) is 0 Å². The maximum atomic E-state index is 13.4. The first-order valence-electron chi connectivity index (χ1n) is 13.8. The Labute approximate surface area is 254 Å². The van der Waals surface area contributed by atoms with E-state index < -0.39 is 35.1 Å². The number of anilines is 2. The lowest BCUT2D eigenvalue weighted by molar-refractivity contribution is -0.138. The number of rotatable bonds is 10. The Bertz CT molecular complexity index is 1520. The number of carboxylic acids is 1. The maximum Gasteiger partial charge on any atom is 0.335 e. The molecule has 1 saturated heterocycles. The second kappa shape index (κ2) is 13.5. The molecule has 0 aromatic heterocycles. The zero-order valence-corrected chi connectivity index (χ0v) is 24.6. The van der Waals surface area contributed by atoms with E-state index in [4.69, 9.17) is 11.6 Å². The second-order valence-corrected chi connectivity index (χ2v) is 11.4. The van der Waals surface area contributed by atoms with Crippen molar-refractivity contribution in [2.75, 3.05) is 23.3 Å². The van der Waals surface area contributed by atoms with E-state index in [9.17, 15) is 29.1 Å². The number of nitrogens with one attached hydrogen (secondary N) is 3. The smallest absolute Gasteiger partial charge is 0.335 e. The lowest BCUT2D eigenvalue weighted by atomic mass is 9.84. The van der Waals surface area contributed by atoms with Crippen molar-refractivity contribution in [2.45, 2.75) is 44.6 Å². The molecule has 0 aliphatic carbocycles. The summed E-state index contributed by atoms with van der Waals surface area (Å²) in [6.45, 7) is 4.46. The third kappa shape index (κ3) is 7.98. The molecule has 0 radical (unpaired) electrons. The first-order valence-corrected chi connectivity index (χ1v) is 14.2. The molecule has 3 aromatic rings. The van der Waals surface area contributed by atoms with Crippen LogP contribution < -0.4 is 20.9 Å². The first-order chi connectivity index (χ1) is 20.4. The zero-order valence-electron chi connectivity index (χ0n) is 23.9. The average molecular weight is 605 g/mol. The fraction of sp³-hybridized carbons (Fsp3) is 0.281. The Kier molecular flexibility index (Phi) is 9.82. The molecule has 0 bridgehead atoms. The summed E-state index contributed by atoms with van der Waals surface area (Å²) >= 11 is 6.14. The number of hydrogen-bond acceptors (Lipinski definition) is 5. The number of carboxylic acid groups (broad SMARTS) is 1. The van der Waals surface area contributed by atoms with Gasteiger partial charge in [-0.15, -0.1) is 0 Å². The molecular formula is C32H33ClN4O6. The minimum Gasteiger partial charge on any atom is -0.478 e. The third-order valence-corrected chi connectivity index (χ3v) is 7.53. The molecule has 4 N–H and O–H groups in total. The van der Waals surface area contributed by atoms with Gasteiger partial charge in [0.25, 0.3) is 0 Å². The quantitative estimate of drug-likeness (QED) is 0.258. The SMILES string of the molecule is CC(C)(CNC(=O)[C@H](Cc1ccccc1)NC(=O)C(=O)Nc1cc(Cl)ccc1N1CCCC1=O)c1ccc(C(=O)O)cc1. The van der Waals surface area contributed by atoms with Gasteiger partial charge >= 0.3 is 17.8 Å². The van der Waals surface area contributed by atoms with Gasteiger partial charge in [-0.25, -0.2) is 4.79 Å². The summed E-state index contributed by atoms with van der Waals surface area (Å²) in [7, 11) is 0. The van der Waals surface area contributed by atoms with Crippen molar-refractivity contribution >= 4 is 52.6 Å². The molecule has 4 rings (SSSR count). The number of amides is 4. The van der Waals surface area contributed by atoms with Crippen LogP contribution in [0.4, 0.5) is 11.4 Å². The van der Waals surface area contributed by atoms with Gasteiger partial charge in [-0.05, 0) is 47.9 Å². The van der Waals surface area contributed by atoms with Gasteiger partial charge in [0, 0.05) is 36.4 Å². The van der Waals surface area contributed by atoms with E-state index in [0.29, 0.717) is 30.1 Å². The molecule has 1 atom stereocenters. The van der Waals surface area contributed by atoms with Crippen LogP contribution in [-0.4, -0.2) is 53.8 Å². The van der Waals surface area contributed by atoms with Crippen LogP contribution in [0.15, 0.2) is 72.8 Å². The molecule has 1 fully saturated rings. The van der Waals surface area contributed by atoms with Crippen LogP contribution in [0.2, 0.25) is 5.02 Å². The van der Waals surface area contributed by atoms with Crippen LogP contribution in [0.3, 0.4) is 0 Å². The molecule has 1 aliphatic heterocycles. The lowest BCUT2D eigenvalue weighted by Gasteiger charge is -2.27. The highest BCUT2D eigenvalue weighted by atomic mass is 35.5. The molecule has 43 heavy (non-hydrogen) atoms. The Morgan fingerprint density at radius 3 is 2.30 bits per heavy atom. The van der Waals surface area contributed by atoms with Crippen LogP contribution in [0.5, 0.6) is 0 Å². The van der Waals surface area contributed by atoms with Crippen LogP contribution >= 0.6 is 11.6 Å². The lowest BCUT2D eigenvalue weighted by Crippen LogP contribution is -2.52. The van der Waals surface area contributed by atoms with Crippen LogP contribution in [0, 0.1) is 0 Å². The van der Waals surface area contributed by atoms with Crippen molar-refractivity contribution in [1.82, 2.24) is 10.6 Å². The largest absolute Gasteiger partial charge is 0.478 e. The molecule has 3 aromatic carbocycles. The van der Waals surface area contributed by atoms with E-state index >= 15 is 0 Å². The average Bonchev–Trinajstić information content (AvgIpc) is 3.41. The van der Waals surface area contributed by atoms with Gasteiger partial charge < -0.3 is 26.0 Å². The predicted molar refractivity (Wildman–Crippen MR) is 163 cm³/mol. The normalized spacial score (nSPS) is 13.7. The highest BCUT2D eigenvalue weighted by Crippen LogP contribution is 2.32. The number of carbonyl (C=O) groups excluding carboxylic acids is 4. The highest BCUT2D eigenvalue weighted by molar-refractivity contribution is 6.40. The van der Waals surface area contributed by atoms with Gasteiger partial charge in [0.05, 0.1) is 16.9 Å². The van der Waals surface area contributed by atoms with Crippen molar-refractivity contribution < 1.29 is 29.1 Å². The van der Waals surface area contributed by atoms with E-state index in [1.165, 1.54) is 23.1 Å². The molecule has 1 aliphatic rings. The second-order valence-electron chi connectivity index (χ2n) is 11.0. The standard InChI is InChI=1S/C32H33ClN4O6/c1-32(2,22-12-10-21(11-13-22)31(42)43)19-34-28(39)25(17-20-7-4-3-5-8-20)36-30(41)29(40)35-24-18-23(33)14-15-26(24)37-16-6-9-27(37)38/h3-5,7-8,10-15,18,25H,6,9,16-17,19H2,1-2H3,(H,34,39)(H,35,40)(H,36,41)(H,42,43)/t25-/m0/s1. The number of carbonyl (C=O) groups is 5. The summed E-state index contributed by atoms with van der Waals surface area (Å²) in [6, 6.07) is 19.1. The predicted octanol–water partition coefficient (Wildman–Crippen LogP) is 3.93. The van der Waals surface area contributed by atoms with E-state index in [-0.39, 0.29) is 30.1 Å². The maximum absolute atomic E-state index is 13.4. The van der Waals surface area contributed by atoms with E-state index in [2.05, 4.69) is 16.0 Å². The van der Waals surface area contributed by atoms with Gasteiger partial charge in [-0.1, -0.05) is 67.9 Å². The molecule has 0 saturated carbocycles. The topological polar surface area (TPSA) is 145 Å². The summed E-state index contributed by atoms with van der Waals surface area (Å²) < 4.78 is 0. The van der Waals surface area contributed by atoms with Crippen LogP contribution in [-0.2, 0) is 31.0 Å². The Balaban J connectivity index is 1.47. The van der Waals surface area contributed by atoms with E-state index in [1.54, 1.807) is 24.3 Å². The fourth-order valence-electron chi connectivity index (χ4n) is 4.81. The monoisotopic (exact) mass is 604 g/mol. The summed E-state index contributed by atoms with van der Waals surface area (Å²) in [5, 5.41) is 17.5. The molecule has 224 valence electrons. The zero-order chi connectivity index (χ0) is 31.1. The number of hydrogen-bond donors (Lipinski definition) is 4. The number of aromatic carboxylic acids is 1. The van der Waals surface area contributed by atoms with Gasteiger partial charge in [-0.3, -0.25) is 19.2 Å². The molecule has 1 heterocycles. The Morgan fingerprint density at radius 1 is 0.977 bits per heavy atom. The third-order valence-electron chi connectivity index (χ3n) is 7.30. The highest BCUT2D eigenvalue weighted by Gasteiger charge is 2.29. The molecular weight excluding hydrogens is 572 g/mol. The van der Waals surface area contributed by atoms with Crippen molar-refractivity contribution in [2.24, 2.45) is 0 Å². The van der Waals surface area contributed by atoms with Crippen molar-refractivity contribution in [3.63, 3.8) is 0 Å². The Morgan fingerprint density at radius 2 is 1.67 bits per heavy atom. The van der Waals surface area contributed by atoms with Gasteiger partial charge in [0.15, 0.2) is 0 Å². The fourth-order valence-corrected chi connectivity index (χ4v) is 4.98. The van der Waals surface area contributed by atoms with Gasteiger partial charge in [0.2, 0.25) is 11.8 Å². The minimum absolute atomic E-state index is 0.0948. The summed E-state index contributed by atoms with van der Waals surface area (Å²) in [5.41, 5.74) is 1.82. The number of nitrogens with zero attached hydrogens (tertiary/aromatic N) is 1. The van der Waals surface area contributed by atoms with Crippen molar-refractivity contribution in [3.05, 3.63) is 94.5 Å². The number of halogens is 1. The molecule has 4 amide bonds. The molecule has 10 nitrogen and oxygen atoms in total. The minimum atomic E-state index is -1.08. The van der Waals surface area contributed by atoms with E-state index in [1.807, 2.05) is 44.2 Å². The summed E-state index contributed by atoms with van der Waals surface area (Å²) in [5.74, 6) is -3.66. The van der Waals surface area contributed by atoms with Gasteiger partial charge in [0.1, 0.15) is 6.04 Å². The Hall–Kier alpha value is -4.70. The van der Waals surface area contributed by atoms with Crippen molar-refractivity contribution in [3.8, 4) is 0 Å². The first kappa shape index (κ1) is 31.2. The molecule has 0 spiro atoms. The number of benzene rings is 3. The summed E-state index contributed by atoms with van der Waals surface area (Å²) in [4.78, 5) is 64.6. The van der Waals surface area contributed by atoms with E-state index in [0.717, 1.165) is 11.1 Å². The van der Waals surface area contributed by atoms with Crippen molar-refractivity contribution in [1.29, 1.82) is 0 Å². The summed E-state index contributed by atoms with van der Waals surface area (Å²) in [6.07, 6.45) is 1.19. The van der Waals surface area contributed by atoms with Crippen LogP contribution in [0.1, 0.15) is 48.2 Å². The molecule has 11 heteroatoms. The molecule has 0 unspecified atom stereocenters. The van der Waals surface area contributed by atoms with Crippen LogP contribution in [0.25, 0.3) is 0 Å².